The molecule has 0 aliphatic carbocycles. The van der Waals surface area contributed by atoms with E-state index in [-0.39, 0.29) is 5.91 Å². The average molecular weight is 354 g/mol. The van der Waals surface area contributed by atoms with Crippen molar-refractivity contribution in [3.8, 4) is 0 Å². The van der Waals surface area contributed by atoms with E-state index in [4.69, 9.17) is 4.74 Å². The second kappa shape index (κ2) is 9.15. The van der Waals surface area contributed by atoms with Gasteiger partial charge in [-0.2, -0.15) is 0 Å². The third kappa shape index (κ3) is 4.49. The number of nitrogens with zero attached hydrogens (tertiary/aromatic N) is 1. The number of benzene rings is 2. The Morgan fingerprint density at radius 3 is 2.31 bits per heavy atom. The lowest BCUT2D eigenvalue weighted by Crippen LogP contribution is -2.25. The first-order valence-corrected chi connectivity index (χ1v) is 8.81. The highest BCUT2D eigenvalue weighted by molar-refractivity contribution is 6.09. The monoisotopic (exact) mass is 354 g/mol. The lowest BCUT2D eigenvalue weighted by atomic mass is 10.0. The Hall–Kier alpha value is -2.66. The molecule has 0 aliphatic rings. The molecule has 0 saturated carbocycles. The molecule has 5 nitrogen and oxygen atoms in total. The maximum Gasteiger partial charge on any atom is 0.339 e. The fraction of sp³-hybridized carbons (Fsp3) is 0.333. The number of para-hydroxylation sites is 1. The van der Waals surface area contributed by atoms with Crippen LogP contribution in [-0.2, 0) is 11.3 Å². The fourth-order valence-electron chi connectivity index (χ4n) is 2.86. The summed E-state index contributed by atoms with van der Waals surface area (Å²) in [6, 6.07) is 12.8. The molecule has 5 heteroatoms. The van der Waals surface area contributed by atoms with Gasteiger partial charge in [-0.25, -0.2) is 4.79 Å². The zero-order valence-electron chi connectivity index (χ0n) is 15.8. The van der Waals surface area contributed by atoms with Gasteiger partial charge in [-0.1, -0.05) is 44.2 Å². The molecule has 0 unspecified atom stereocenters. The molecule has 0 aromatic heterocycles. The normalized spacial score (nSPS) is 10.7. The van der Waals surface area contributed by atoms with Crippen LogP contribution in [0.3, 0.4) is 0 Å². The molecule has 1 amide bonds. The molecule has 0 radical (unpaired) electrons. The van der Waals surface area contributed by atoms with Crippen molar-refractivity contribution in [1.29, 1.82) is 0 Å². The number of hydrogen-bond donors (Lipinski definition) is 1. The summed E-state index contributed by atoms with van der Waals surface area (Å²) in [7, 11) is 1.33. The SMILES string of the molecule is CCN(CC)Cc1ccccc1C(=O)Nc1c(C)cccc1C(=O)OC. The molecule has 2 rings (SSSR count). The second-order valence-corrected chi connectivity index (χ2v) is 6.06. The smallest absolute Gasteiger partial charge is 0.339 e. The van der Waals surface area contributed by atoms with Gasteiger partial charge >= 0.3 is 5.97 Å². The van der Waals surface area contributed by atoms with Gasteiger partial charge in [0.15, 0.2) is 0 Å². The summed E-state index contributed by atoms with van der Waals surface area (Å²) in [5, 5.41) is 2.90. The molecule has 0 saturated heterocycles. The molecule has 1 N–H and O–H groups in total. The zero-order valence-corrected chi connectivity index (χ0v) is 15.8. The van der Waals surface area contributed by atoms with Gasteiger partial charge in [-0.3, -0.25) is 9.69 Å². The average Bonchev–Trinajstić information content (AvgIpc) is 2.67. The number of methoxy groups -OCH3 is 1. The molecule has 0 bridgehead atoms. The van der Waals surface area contributed by atoms with E-state index in [0.29, 0.717) is 23.4 Å². The van der Waals surface area contributed by atoms with E-state index in [0.717, 1.165) is 24.2 Å². The molecule has 0 spiro atoms. The maximum absolute atomic E-state index is 12.9. The molecule has 0 atom stereocenters. The lowest BCUT2D eigenvalue weighted by molar-refractivity contribution is 0.0602. The van der Waals surface area contributed by atoms with Gasteiger partial charge in [0.25, 0.3) is 5.91 Å². The van der Waals surface area contributed by atoms with E-state index in [1.54, 1.807) is 12.1 Å². The van der Waals surface area contributed by atoms with Crippen molar-refractivity contribution in [2.24, 2.45) is 0 Å². The van der Waals surface area contributed by atoms with E-state index < -0.39 is 5.97 Å². The number of aryl methyl sites for hydroxylation is 1. The van der Waals surface area contributed by atoms with Crippen LogP contribution in [0.2, 0.25) is 0 Å². The number of hydrogen-bond acceptors (Lipinski definition) is 4. The largest absolute Gasteiger partial charge is 0.465 e. The van der Waals surface area contributed by atoms with Crippen LogP contribution in [0.25, 0.3) is 0 Å². The van der Waals surface area contributed by atoms with E-state index in [1.165, 1.54) is 7.11 Å². The number of nitrogens with one attached hydrogen (secondary N) is 1. The van der Waals surface area contributed by atoms with Gasteiger partial charge in [-0.15, -0.1) is 0 Å². The Morgan fingerprint density at radius 1 is 1.00 bits per heavy atom. The molecule has 26 heavy (non-hydrogen) atoms. The van der Waals surface area contributed by atoms with Gasteiger partial charge in [0.05, 0.1) is 18.4 Å². The predicted molar refractivity (Wildman–Crippen MR) is 104 cm³/mol. The van der Waals surface area contributed by atoms with Crippen LogP contribution in [0.4, 0.5) is 5.69 Å². The third-order valence-electron chi connectivity index (χ3n) is 4.47. The van der Waals surface area contributed by atoms with Gasteiger partial charge in [0.1, 0.15) is 0 Å². The van der Waals surface area contributed by atoms with Crippen molar-refractivity contribution in [2.45, 2.75) is 27.3 Å². The summed E-state index contributed by atoms with van der Waals surface area (Å²) < 4.78 is 4.83. The van der Waals surface area contributed by atoms with Crippen LogP contribution in [0.15, 0.2) is 42.5 Å². The first-order valence-electron chi connectivity index (χ1n) is 8.81. The lowest BCUT2D eigenvalue weighted by Gasteiger charge is -2.20. The van der Waals surface area contributed by atoms with Crippen LogP contribution >= 0.6 is 0 Å². The van der Waals surface area contributed by atoms with E-state index in [2.05, 4.69) is 24.1 Å². The Balaban J connectivity index is 2.34. The summed E-state index contributed by atoms with van der Waals surface area (Å²) in [5.41, 5.74) is 3.21. The van der Waals surface area contributed by atoms with Crippen molar-refractivity contribution >= 4 is 17.6 Å². The minimum atomic E-state index is -0.472. The second-order valence-electron chi connectivity index (χ2n) is 6.06. The van der Waals surface area contributed by atoms with Crippen molar-refractivity contribution < 1.29 is 14.3 Å². The first kappa shape index (κ1) is 19.7. The summed E-state index contributed by atoms with van der Waals surface area (Å²) in [6.07, 6.45) is 0. The number of esters is 1. The molecule has 0 heterocycles. The van der Waals surface area contributed by atoms with E-state index in [1.807, 2.05) is 37.3 Å². The molecule has 0 fully saturated rings. The van der Waals surface area contributed by atoms with Crippen molar-refractivity contribution in [3.63, 3.8) is 0 Å². The summed E-state index contributed by atoms with van der Waals surface area (Å²) >= 11 is 0. The third-order valence-corrected chi connectivity index (χ3v) is 4.47. The van der Waals surface area contributed by atoms with Gasteiger partial charge < -0.3 is 10.1 Å². The van der Waals surface area contributed by atoms with Crippen LogP contribution in [0.1, 0.15) is 45.7 Å². The van der Waals surface area contributed by atoms with Crippen LogP contribution < -0.4 is 5.32 Å². The standard InChI is InChI=1S/C21H26N2O3/c1-5-23(6-2)14-16-11-7-8-12-17(16)20(24)22-19-15(3)10-9-13-18(19)21(25)26-4/h7-13H,5-6,14H2,1-4H3,(H,22,24). The highest BCUT2D eigenvalue weighted by Crippen LogP contribution is 2.23. The van der Waals surface area contributed by atoms with Crippen LogP contribution in [0.5, 0.6) is 0 Å². The molecule has 0 aliphatic heterocycles. The van der Waals surface area contributed by atoms with Crippen molar-refractivity contribution in [2.75, 3.05) is 25.5 Å². The molecule has 138 valence electrons. The predicted octanol–water partition coefficient (Wildman–Crippen LogP) is 3.88. The number of amides is 1. The highest BCUT2D eigenvalue weighted by Gasteiger charge is 2.18. The number of carbonyl (C=O) groups excluding carboxylic acids is 2. The summed E-state index contributed by atoms with van der Waals surface area (Å²) in [6.45, 7) is 8.58. The number of ether oxygens (including phenoxy) is 1. The van der Waals surface area contributed by atoms with Crippen molar-refractivity contribution in [3.05, 3.63) is 64.7 Å². The van der Waals surface area contributed by atoms with Gasteiger partial charge in [-0.05, 0) is 43.3 Å². The quantitative estimate of drug-likeness (QED) is 0.767. The minimum absolute atomic E-state index is 0.229. The van der Waals surface area contributed by atoms with Crippen molar-refractivity contribution in [1.82, 2.24) is 4.90 Å². The Labute approximate surface area is 155 Å². The topological polar surface area (TPSA) is 58.6 Å². The minimum Gasteiger partial charge on any atom is -0.465 e. The Bertz CT molecular complexity index is 783. The summed E-state index contributed by atoms with van der Waals surface area (Å²) in [4.78, 5) is 27.2. The van der Waals surface area contributed by atoms with Gasteiger partial charge in [0, 0.05) is 12.1 Å². The Kier molecular flexibility index (Phi) is 6.92. The van der Waals surface area contributed by atoms with Gasteiger partial charge in [0.2, 0.25) is 0 Å². The Morgan fingerprint density at radius 2 is 1.65 bits per heavy atom. The molecule has 2 aromatic rings. The fourth-order valence-corrected chi connectivity index (χ4v) is 2.86. The van der Waals surface area contributed by atoms with Crippen LogP contribution in [-0.4, -0.2) is 37.0 Å². The molecular weight excluding hydrogens is 328 g/mol. The zero-order chi connectivity index (χ0) is 19.1. The number of anilines is 1. The first-order chi connectivity index (χ1) is 12.5. The highest BCUT2D eigenvalue weighted by atomic mass is 16.5. The number of carbonyl (C=O) groups is 2. The number of rotatable bonds is 7. The van der Waals surface area contributed by atoms with E-state index >= 15 is 0 Å². The van der Waals surface area contributed by atoms with Crippen LogP contribution in [0, 0.1) is 6.92 Å². The molecule has 2 aromatic carbocycles. The van der Waals surface area contributed by atoms with E-state index in [9.17, 15) is 9.59 Å². The molecular formula is C21H26N2O3. The maximum atomic E-state index is 12.9. The summed E-state index contributed by atoms with van der Waals surface area (Å²) in [5.74, 6) is -0.701.